The Bertz CT molecular complexity index is 1020. The Kier molecular flexibility index (Phi) is 6.85. The molecule has 3 rings (SSSR count). The van der Waals surface area contributed by atoms with Crippen LogP contribution in [0, 0.1) is 0 Å². The first-order valence-electron chi connectivity index (χ1n) is 10.4. The molecule has 0 saturated carbocycles. The highest BCUT2D eigenvalue weighted by molar-refractivity contribution is 9.10. The highest BCUT2D eigenvalue weighted by atomic mass is 79.9. The third-order valence-corrected chi connectivity index (χ3v) is 5.91. The molecule has 1 aliphatic rings. The summed E-state index contributed by atoms with van der Waals surface area (Å²) in [7, 11) is 0. The second-order valence-electron chi connectivity index (χ2n) is 8.19. The van der Waals surface area contributed by atoms with Crippen LogP contribution in [-0.4, -0.2) is 46.1 Å². The molecule has 0 aliphatic carbocycles. The van der Waals surface area contributed by atoms with Crippen molar-refractivity contribution in [3.63, 3.8) is 0 Å². The van der Waals surface area contributed by atoms with E-state index in [4.69, 9.17) is 0 Å². The Morgan fingerprint density at radius 2 is 1.53 bits per heavy atom. The van der Waals surface area contributed by atoms with Gasteiger partial charge in [0.05, 0.1) is 0 Å². The zero-order chi connectivity index (χ0) is 22.0. The third kappa shape index (κ3) is 4.53. The standard InChI is InChI=1S/C22H29BrN4O3/c1-15(2)26-19(14-20(28)27(16(3)4)22(26)30)24-10-5-11-25(13-12-24)21(29)17-6-8-18(23)9-7-17/h6-9,14-16H,5,10-13H2,1-4H3. The fourth-order valence-corrected chi connectivity index (χ4v) is 4.15. The van der Waals surface area contributed by atoms with Gasteiger partial charge < -0.3 is 9.80 Å². The van der Waals surface area contributed by atoms with E-state index in [2.05, 4.69) is 20.8 Å². The predicted octanol–water partition coefficient (Wildman–Crippen LogP) is 3.29. The molecule has 1 aromatic heterocycles. The second kappa shape index (κ2) is 9.20. The number of halogens is 1. The number of carbonyl (C=O) groups is 1. The van der Waals surface area contributed by atoms with Crippen LogP contribution < -0.4 is 16.1 Å². The predicted molar refractivity (Wildman–Crippen MR) is 123 cm³/mol. The maximum absolute atomic E-state index is 13.0. The molecule has 2 heterocycles. The minimum Gasteiger partial charge on any atom is -0.356 e. The lowest BCUT2D eigenvalue weighted by Gasteiger charge is -2.28. The Hall–Kier alpha value is -2.35. The van der Waals surface area contributed by atoms with E-state index >= 15 is 0 Å². The van der Waals surface area contributed by atoms with Gasteiger partial charge in [-0.1, -0.05) is 15.9 Å². The molecular formula is C22H29BrN4O3. The molecule has 30 heavy (non-hydrogen) atoms. The topological polar surface area (TPSA) is 67.5 Å². The molecule has 162 valence electrons. The quantitative estimate of drug-likeness (QED) is 0.678. The van der Waals surface area contributed by atoms with Crippen LogP contribution in [0.1, 0.15) is 56.6 Å². The highest BCUT2D eigenvalue weighted by Crippen LogP contribution is 2.19. The Labute approximate surface area is 185 Å². The molecule has 7 nitrogen and oxygen atoms in total. The van der Waals surface area contributed by atoms with Crippen molar-refractivity contribution in [2.75, 3.05) is 31.1 Å². The summed E-state index contributed by atoms with van der Waals surface area (Å²) in [6.07, 6.45) is 0.766. The van der Waals surface area contributed by atoms with Crippen LogP contribution in [0.3, 0.4) is 0 Å². The molecule has 0 radical (unpaired) electrons. The molecule has 1 saturated heterocycles. The largest absolute Gasteiger partial charge is 0.356 e. The van der Waals surface area contributed by atoms with Crippen LogP contribution in [-0.2, 0) is 0 Å². The van der Waals surface area contributed by atoms with Gasteiger partial charge in [0, 0.05) is 54.4 Å². The van der Waals surface area contributed by atoms with Gasteiger partial charge in [0.2, 0.25) is 0 Å². The average molecular weight is 477 g/mol. The molecule has 0 unspecified atom stereocenters. The minimum absolute atomic E-state index is 0.000764. The highest BCUT2D eigenvalue weighted by Gasteiger charge is 2.24. The van der Waals surface area contributed by atoms with Crippen molar-refractivity contribution < 1.29 is 4.79 Å². The Balaban J connectivity index is 1.88. The monoisotopic (exact) mass is 476 g/mol. The molecule has 0 atom stereocenters. The summed E-state index contributed by atoms with van der Waals surface area (Å²) in [5, 5.41) is 0. The van der Waals surface area contributed by atoms with Crippen molar-refractivity contribution in [2.24, 2.45) is 0 Å². The number of benzene rings is 1. The molecule has 0 spiro atoms. The zero-order valence-corrected chi connectivity index (χ0v) is 19.6. The van der Waals surface area contributed by atoms with Gasteiger partial charge in [-0.25, -0.2) is 4.79 Å². The maximum atomic E-state index is 13.0. The van der Waals surface area contributed by atoms with Gasteiger partial charge in [-0.15, -0.1) is 0 Å². The molecular weight excluding hydrogens is 448 g/mol. The zero-order valence-electron chi connectivity index (χ0n) is 18.0. The maximum Gasteiger partial charge on any atom is 0.333 e. The smallest absolute Gasteiger partial charge is 0.333 e. The molecule has 1 aromatic carbocycles. The molecule has 8 heteroatoms. The SMILES string of the molecule is CC(C)n1c(N2CCCN(C(=O)c3ccc(Br)cc3)CC2)cc(=O)n(C(C)C)c1=O. The van der Waals surface area contributed by atoms with E-state index in [0.29, 0.717) is 37.6 Å². The number of anilines is 1. The van der Waals surface area contributed by atoms with E-state index in [0.717, 1.165) is 10.9 Å². The first kappa shape index (κ1) is 22.3. The number of rotatable bonds is 4. The van der Waals surface area contributed by atoms with Crippen LogP contribution in [0.25, 0.3) is 0 Å². The van der Waals surface area contributed by atoms with Crippen LogP contribution in [0.15, 0.2) is 44.4 Å². The third-order valence-electron chi connectivity index (χ3n) is 5.38. The summed E-state index contributed by atoms with van der Waals surface area (Å²) in [5.74, 6) is 0.635. The second-order valence-corrected chi connectivity index (χ2v) is 9.11. The van der Waals surface area contributed by atoms with Crippen molar-refractivity contribution in [1.29, 1.82) is 0 Å². The Morgan fingerprint density at radius 3 is 2.13 bits per heavy atom. The number of carbonyl (C=O) groups excluding carboxylic acids is 1. The molecule has 1 amide bonds. The van der Waals surface area contributed by atoms with Gasteiger partial charge in [0.1, 0.15) is 5.82 Å². The summed E-state index contributed by atoms with van der Waals surface area (Å²) in [6.45, 7) is 9.99. The minimum atomic E-state index is -0.283. The first-order valence-corrected chi connectivity index (χ1v) is 11.2. The van der Waals surface area contributed by atoms with Crippen LogP contribution >= 0.6 is 15.9 Å². The van der Waals surface area contributed by atoms with Gasteiger partial charge in [-0.05, 0) is 58.4 Å². The number of aromatic nitrogens is 2. The summed E-state index contributed by atoms with van der Waals surface area (Å²) in [6, 6.07) is 8.64. The fourth-order valence-electron chi connectivity index (χ4n) is 3.89. The lowest BCUT2D eigenvalue weighted by Crippen LogP contribution is -2.45. The van der Waals surface area contributed by atoms with Crippen LogP contribution in [0.4, 0.5) is 5.82 Å². The van der Waals surface area contributed by atoms with E-state index in [-0.39, 0.29) is 29.2 Å². The molecule has 1 aliphatic heterocycles. The van der Waals surface area contributed by atoms with Crippen molar-refractivity contribution in [1.82, 2.24) is 14.0 Å². The number of hydrogen-bond acceptors (Lipinski definition) is 4. The van der Waals surface area contributed by atoms with Crippen molar-refractivity contribution >= 4 is 27.7 Å². The van der Waals surface area contributed by atoms with E-state index in [1.165, 1.54) is 4.57 Å². The summed E-state index contributed by atoms with van der Waals surface area (Å²) < 4.78 is 3.92. The van der Waals surface area contributed by atoms with Gasteiger partial charge in [-0.3, -0.25) is 18.7 Å². The molecule has 1 fully saturated rings. The lowest BCUT2D eigenvalue weighted by molar-refractivity contribution is 0.0767. The number of hydrogen-bond donors (Lipinski definition) is 0. The van der Waals surface area contributed by atoms with E-state index in [1.807, 2.05) is 56.9 Å². The molecule has 0 N–H and O–H groups in total. The van der Waals surface area contributed by atoms with Crippen LogP contribution in [0.2, 0.25) is 0 Å². The molecule has 2 aromatic rings. The summed E-state index contributed by atoms with van der Waals surface area (Å²) in [5.41, 5.74) is 0.0914. The summed E-state index contributed by atoms with van der Waals surface area (Å²) in [4.78, 5) is 42.5. The lowest BCUT2D eigenvalue weighted by atomic mass is 10.2. The first-order chi connectivity index (χ1) is 14.2. The van der Waals surface area contributed by atoms with Crippen molar-refractivity contribution in [3.05, 3.63) is 61.2 Å². The number of nitrogens with zero attached hydrogens (tertiary/aromatic N) is 4. The van der Waals surface area contributed by atoms with E-state index in [9.17, 15) is 14.4 Å². The van der Waals surface area contributed by atoms with Gasteiger partial charge in [0.25, 0.3) is 11.5 Å². The summed E-state index contributed by atoms with van der Waals surface area (Å²) >= 11 is 3.39. The Morgan fingerprint density at radius 1 is 0.900 bits per heavy atom. The normalized spacial score (nSPS) is 15.0. The van der Waals surface area contributed by atoms with E-state index < -0.39 is 0 Å². The average Bonchev–Trinajstić information content (AvgIpc) is 2.93. The van der Waals surface area contributed by atoms with Gasteiger partial charge in [-0.2, -0.15) is 0 Å². The number of amides is 1. The van der Waals surface area contributed by atoms with E-state index in [1.54, 1.807) is 10.6 Å². The molecule has 0 bridgehead atoms. The van der Waals surface area contributed by atoms with Crippen molar-refractivity contribution in [2.45, 2.75) is 46.2 Å². The van der Waals surface area contributed by atoms with Gasteiger partial charge in [0.15, 0.2) is 0 Å². The van der Waals surface area contributed by atoms with Crippen molar-refractivity contribution in [3.8, 4) is 0 Å². The fraction of sp³-hybridized carbons (Fsp3) is 0.500. The van der Waals surface area contributed by atoms with Crippen LogP contribution in [0.5, 0.6) is 0 Å². The van der Waals surface area contributed by atoms with Gasteiger partial charge >= 0.3 is 5.69 Å².